The number of aromatic nitrogens is 2. The van der Waals surface area contributed by atoms with E-state index in [4.69, 9.17) is 0 Å². The van der Waals surface area contributed by atoms with Crippen molar-refractivity contribution < 1.29 is 4.39 Å². The van der Waals surface area contributed by atoms with Crippen LogP contribution in [-0.2, 0) is 0 Å². The summed E-state index contributed by atoms with van der Waals surface area (Å²) in [7, 11) is 0. The van der Waals surface area contributed by atoms with Gasteiger partial charge < -0.3 is 5.32 Å². The van der Waals surface area contributed by atoms with Crippen LogP contribution in [-0.4, -0.2) is 9.55 Å². The number of anilines is 2. The smallest absolute Gasteiger partial charge is 0.212 e. The molecule has 1 heterocycles. The molecule has 3 nitrogen and oxygen atoms in total. The third kappa shape index (κ3) is 2.40. The van der Waals surface area contributed by atoms with Crippen LogP contribution >= 0.6 is 0 Å². The summed E-state index contributed by atoms with van der Waals surface area (Å²) in [6.45, 7) is 1.86. The molecule has 0 bridgehead atoms. The molecule has 0 aliphatic heterocycles. The van der Waals surface area contributed by atoms with Crippen LogP contribution in [0.1, 0.15) is 5.56 Å². The highest BCUT2D eigenvalue weighted by molar-refractivity contribution is 5.56. The number of rotatable bonds is 3. The Kier molecular flexibility index (Phi) is 3.21. The normalized spacial score (nSPS) is 10.5. The lowest BCUT2D eigenvalue weighted by Gasteiger charge is -2.11. The number of benzene rings is 2. The lowest BCUT2D eigenvalue weighted by Crippen LogP contribution is -2.03. The maximum Gasteiger partial charge on any atom is 0.212 e. The van der Waals surface area contributed by atoms with Gasteiger partial charge in [-0.15, -0.1) is 0 Å². The van der Waals surface area contributed by atoms with E-state index in [1.54, 1.807) is 23.0 Å². The van der Waals surface area contributed by atoms with E-state index in [1.165, 1.54) is 6.07 Å². The zero-order valence-electron chi connectivity index (χ0n) is 11.0. The largest absolute Gasteiger partial charge is 0.325 e. The number of hydrogen-bond acceptors (Lipinski definition) is 2. The maximum atomic E-state index is 14.1. The number of para-hydroxylation sites is 1. The minimum atomic E-state index is -0.265. The summed E-state index contributed by atoms with van der Waals surface area (Å²) in [4.78, 5) is 4.24. The van der Waals surface area contributed by atoms with Crippen molar-refractivity contribution >= 4 is 11.6 Å². The topological polar surface area (TPSA) is 29.9 Å². The minimum absolute atomic E-state index is 0.265. The Balaban J connectivity index is 1.98. The Morgan fingerprint density at radius 1 is 1.10 bits per heavy atom. The molecule has 0 aliphatic carbocycles. The van der Waals surface area contributed by atoms with Gasteiger partial charge in [0.05, 0.1) is 5.69 Å². The molecule has 0 saturated carbocycles. The van der Waals surface area contributed by atoms with Gasteiger partial charge >= 0.3 is 0 Å². The van der Waals surface area contributed by atoms with Crippen LogP contribution in [0.25, 0.3) is 5.69 Å². The third-order valence-electron chi connectivity index (χ3n) is 3.03. The molecule has 0 radical (unpaired) electrons. The van der Waals surface area contributed by atoms with Crippen molar-refractivity contribution in [2.45, 2.75) is 6.92 Å². The fourth-order valence-corrected chi connectivity index (χ4v) is 2.05. The number of imidazole rings is 1. The zero-order valence-corrected chi connectivity index (χ0v) is 11.0. The zero-order chi connectivity index (χ0) is 13.9. The van der Waals surface area contributed by atoms with Gasteiger partial charge in [-0.25, -0.2) is 9.37 Å². The highest BCUT2D eigenvalue weighted by Gasteiger charge is 2.09. The predicted octanol–water partition coefficient (Wildman–Crippen LogP) is 4.06. The molecule has 3 aromatic rings. The van der Waals surface area contributed by atoms with Crippen molar-refractivity contribution in [3.63, 3.8) is 0 Å². The number of nitrogens with one attached hydrogen (secondary N) is 1. The molecule has 2 aromatic carbocycles. The van der Waals surface area contributed by atoms with Crippen LogP contribution in [0, 0.1) is 12.7 Å². The second-order valence-electron chi connectivity index (χ2n) is 4.57. The predicted molar refractivity (Wildman–Crippen MR) is 78.0 cm³/mol. The highest BCUT2D eigenvalue weighted by atomic mass is 19.1. The van der Waals surface area contributed by atoms with Crippen molar-refractivity contribution in [1.29, 1.82) is 0 Å². The van der Waals surface area contributed by atoms with E-state index >= 15 is 0 Å². The van der Waals surface area contributed by atoms with Crippen LogP contribution in [0.4, 0.5) is 16.0 Å². The molecule has 1 aromatic heterocycles. The first-order valence-corrected chi connectivity index (χ1v) is 6.36. The molecule has 3 rings (SSSR count). The average molecular weight is 267 g/mol. The summed E-state index contributed by atoms with van der Waals surface area (Å²) in [6.07, 6.45) is 3.38. The van der Waals surface area contributed by atoms with Gasteiger partial charge in [0, 0.05) is 18.1 Å². The summed E-state index contributed by atoms with van der Waals surface area (Å²) >= 11 is 0. The quantitative estimate of drug-likeness (QED) is 0.775. The number of nitrogens with zero attached hydrogens (tertiary/aromatic N) is 2. The van der Waals surface area contributed by atoms with E-state index in [9.17, 15) is 4.39 Å². The Labute approximate surface area is 116 Å². The standard InChI is InChI=1S/C16H14FN3/c1-12-7-8-15(14(17)11-12)20-10-9-18-16(20)19-13-5-3-2-4-6-13/h2-11H,1H3,(H,18,19). The van der Waals surface area contributed by atoms with Gasteiger partial charge in [-0.1, -0.05) is 24.3 Å². The van der Waals surface area contributed by atoms with Gasteiger partial charge in [0.1, 0.15) is 5.82 Å². The van der Waals surface area contributed by atoms with E-state index in [0.717, 1.165) is 11.3 Å². The Bertz CT molecular complexity index is 720. The summed E-state index contributed by atoms with van der Waals surface area (Å²) in [5, 5.41) is 3.18. The second-order valence-corrected chi connectivity index (χ2v) is 4.57. The molecule has 0 amide bonds. The SMILES string of the molecule is Cc1ccc(-n2ccnc2Nc2ccccc2)c(F)c1. The summed E-state index contributed by atoms with van der Waals surface area (Å²) in [6, 6.07) is 14.8. The molecule has 0 unspecified atom stereocenters. The number of aryl methyl sites for hydroxylation is 1. The van der Waals surface area contributed by atoms with Crippen molar-refractivity contribution in [1.82, 2.24) is 9.55 Å². The van der Waals surface area contributed by atoms with Gasteiger partial charge in [0.2, 0.25) is 5.95 Å². The van der Waals surface area contributed by atoms with E-state index in [2.05, 4.69) is 10.3 Å². The molecule has 0 atom stereocenters. The molecule has 0 saturated heterocycles. The third-order valence-corrected chi connectivity index (χ3v) is 3.03. The first kappa shape index (κ1) is 12.4. The van der Waals surface area contributed by atoms with Crippen LogP contribution in [0.5, 0.6) is 0 Å². The van der Waals surface area contributed by atoms with E-state index < -0.39 is 0 Å². The molecular weight excluding hydrogens is 253 g/mol. The molecule has 0 aliphatic rings. The maximum absolute atomic E-state index is 14.1. The first-order chi connectivity index (χ1) is 9.74. The summed E-state index contributed by atoms with van der Waals surface area (Å²) in [5.41, 5.74) is 2.28. The van der Waals surface area contributed by atoms with Gasteiger partial charge in [-0.2, -0.15) is 0 Å². The Morgan fingerprint density at radius 2 is 1.90 bits per heavy atom. The van der Waals surface area contributed by atoms with Gasteiger partial charge in [-0.05, 0) is 36.8 Å². The highest BCUT2D eigenvalue weighted by Crippen LogP contribution is 2.21. The lowest BCUT2D eigenvalue weighted by atomic mass is 10.2. The number of halogens is 1. The lowest BCUT2D eigenvalue weighted by molar-refractivity contribution is 0.617. The first-order valence-electron chi connectivity index (χ1n) is 6.36. The monoisotopic (exact) mass is 267 g/mol. The average Bonchev–Trinajstić information content (AvgIpc) is 2.88. The van der Waals surface area contributed by atoms with Crippen molar-refractivity contribution in [3.8, 4) is 5.69 Å². The molecule has 100 valence electrons. The summed E-state index contributed by atoms with van der Waals surface area (Å²) < 4.78 is 15.8. The van der Waals surface area contributed by atoms with Crippen molar-refractivity contribution in [2.75, 3.05) is 5.32 Å². The van der Waals surface area contributed by atoms with Gasteiger partial charge in [0.25, 0.3) is 0 Å². The van der Waals surface area contributed by atoms with Gasteiger partial charge in [-0.3, -0.25) is 4.57 Å². The molecule has 1 N–H and O–H groups in total. The van der Waals surface area contributed by atoms with Crippen LogP contribution in [0.15, 0.2) is 60.9 Å². The fraction of sp³-hybridized carbons (Fsp3) is 0.0625. The van der Waals surface area contributed by atoms with Crippen molar-refractivity contribution in [3.05, 3.63) is 72.3 Å². The molecule has 4 heteroatoms. The van der Waals surface area contributed by atoms with E-state index in [0.29, 0.717) is 11.6 Å². The molecule has 0 spiro atoms. The van der Waals surface area contributed by atoms with E-state index in [-0.39, 0.29) is 5.82 Å². The van der Waals surface area contributed by atoms with Crippen LogP contribution in [0.2, 0.25) is 0 Å². The molecule has 0 fully saturated rings. The Morgan fingerprint density at radius 3 is 2.65 bits per heavy atom. The van der Waals surface area contributed by atoms with Gasteiger partial charge in [0.15, 0.2) is 0 Å². The summed E-state index contributed by atoms with van der Waals surface area (Å²) in [5.74, 6) is 0.318. The molecule has 20 heavy (non-hydrogen) atoms. The van der Waals surface area contributed by atoms with Crippen molar-refractivity contribution in [2.24, 2.45) is 0 Å². The Hall–Kier alpha value is -2.62. The van der Waals surface area contributed by atoms with Crippen LogP contribution < -0.4 is 5.32 Å². The fourth-order valence-electron chi connectivity index (χ4n) is 2.05. The second kappa shape index (κ2) is 5.17. The van der Waals surface area contributed by atoms with E-state index in [1.807, 2.05) is 43.3 Å². The van der Waals surface area contributed by atoms with Crippen LogP contribution in [0.3, 0.4) is 0 Å². The minimum Gasteiger partial charge on any atom is -0.325 e. The molecular formula is C16H14FN3. The number of hydrogen-bond donors (Lipinski definition) is 1.